The first-order chi connectivity index (χ1) is 10.3. The van der Waals surface area contributed by atoms with Crippen molar-refractivity contribution in [1.29, 1.82) is 0 Å². The fraction of sp³-hybridized carbons (Fsp3) is 0.625. The molecular weight excluding hydrogens is 298 g/mol. The Morgan fingerprint density at radius 3 is 2.09 bits per heavy atom. The van der Waals surface area contributed by atoms with Crippen molar-refractivity contribution in [2.75, 3.05) is 38.5 Å². The SMILES string of the molecule is CC(C)c1ccc(CN2CCN(CCS(N)(=O)=O)CC2)cc1. The summed E-state index contributed by atoms with van der Waals surface area (Å²) in [5, 5.41) is 5.05. The van der Waals surface area contributed by atoms with Gasteiger partial charge in [0.25, 0.3) is 0 Å². The van der Waals surface area contributed by atoms with Crippen LogP contribution in [0.5, 0.6) is 0 Å². The maximum atomic E-state index is 11.0. The van der Waals surface area contributed by atoms with Crippen LogP contribution in [-0.2, 0) is 16.6 Å². The van der Waals surface area contributed by atoms with Gasteiger partial charge in [-0.15, -0.1) is 0 Å². The molecule has 0 atom stereocenters. The molecule has 1 aliphatic rings. The average molecular weight is 325 g/mol. The van der Waals surface area contributed by atoms with E-state index in [1.54, 1.807) is 0 Å². The maximum absolute atomic E-state index is 11.0. The number of nitrogens with zero attached hydrogens (tertiary/aromatic N) is 2. The minimum absolute atomic E-state index is 0.0453. The zero-order chi connectivity index (χ0) is 16.2. The van der Waals surface area contributed by atoms with Gasteiger partial charge in [0.05, 0.1) is 5.75 Å². The summed E-state index contributed by atoms with van der Waals surface area (Å²) >= 11 is 0. The first-order valence-electron chi connectivity index (χ1n) is 7.87. The van der Waals surface area contributed by atoms with Crippen LogP contribution < -0.4 is 5.14 Å². The van der Waals surface area contributed by atoms with Crippen LogP contribution in [0.2, 0.25) is 0 Å². The minimum Gasteiger partial charge on any atom is -0.300 e. The summed E-state index contributed by atoms with van der Waals surface area (Å²) in [6.45, 7) is 9.65. The van der Waals surface area contributed by atoms with Gasteiger partial charge in [0.2, 0.25) is 10.0 Å². The van der Waals surface area contributed by atoms with Gasteiger partial charge < -0.3 is 0 Å². The van der Waals surface area contributed by atoms with E-state index in [2.05, 4.69) is 47.9 Å². The van der Waals surface area contributed by atoms with Gasteiger partial charge in [-0.1, -0.05) is 38.1 Å². The van der Waals surface area contributed by atoms with Gasteiger partial charge in [-0.25, -0.2) is 13.6 Å². The number of piperazine rings is 1. The summed E-state index contributed by atoms with van der Waals surface area (Å²) in [5.74, 6) is 0.611. The summed E-state index contributed by atoms with van der Waals surface area (Å²) in [4.78, 5) is 4.58. The molecule has 1 aromatic rings. The van der Waals surface area contributed by atoms with Crippen LogP contribution in [0.1, 0.15) is 30.9 Å². The fourth-order valence-corrected chi connectivity index (χ4v) is 3.21. The second-order valence-electron chi connectivity index (χ2n) is 6.38. The van der Waals surface area contributed by atoms with Gasteiger partial charge in [0, 0.05) is 39.3 Å². The summed E-state index contributed by atoms with van der Waals surface area (Å²) in [7, 11) is -3.35. The lowest BCUT2D eigenvalue weighted by Crippen LogP contribution is -2.47. The number of hydrogen-bond acceptors (Lipinski definition) is 4. The third kappa shape index (κ3) is 5.68. The average Bonchev–Trinajstić information content (AvgIpc) is 2.46. The molecule has 1 saturated heterocycles. The predicted molar refractivity (Wildman–Crippen MR) is 90.2 cm³/mol. The van der Waals surface area contributed by atoms with Crippen molar-refractivity contribution in [2.45, 2.75) is 26.3 Å². The zero-order valence-electron chi connectivity index (χ0n) is 13.5. The van der Waals surface area contributed by atoms with Gasteiger partial charge in [-0.05, 0) is 17.0 Å². The molecule has 0 aromatic heterocycles. The van der Waals surface area contributed by atoms with Crippen LogP contribution in [0.4, 0.5) is 0 Å². The first kappa shape index (κ1) is 17.4. The van der Waals surface area contributed by atoms with Crippen molar-refractivity contribution >= 4 is 10.0 Å². The molecule has 0 aliphatic carbocycles. The molecule has 2 N–H and O–H groups in total. The molecular formula is C16H27N3O2S. The second-order valence-corrected chi connectivity index (χ2v) is 8.12. The van der Waals surface area contributed by atoms with Crippen LogP contribution in [0, 0.1) is 0 Å². The maximum Gasteiger partial charge on any atom is 0.210 e. The molecule has 1 fully saturated rings. The Hall–Kier alpha value is -0.950. The smallest absolute Gasteiger partial charge is 0.210 e. The van der Waals surface area contributed by atoms with Gasteiger partial charge in [-0.3, -0.25) is 9.80 Å². The number of primary sulfonamides is 1. The Kier molecular flexibility index (Phi) is 5.97. The second kappa shape index (κ2) is 7.55. The Balaban J connectivity index is 1.77. The van der Waals surface area contributed by atoms with Crippen molar-refractivity contribution in [1.82, 2.24) is 9.80 Å². The molecule has 124 valence electrons. The number of sulfonamides is 1. The van der Waals surface area contributed by atoms with E-state index in [4.69, 9.17) is 5.14 Å². The molecule has 1 aliphatic heterocycles. The molecule has 0 bridgehead atoms. The van der Waals surface area contributed by atoms with Gasteiger partial charge in [0.1, 0.15) is 0 Å². The van der Waals surface area contributed by atoms with Crippen LogP contribution >= 0.6 is 0 Å². The standard InChI is InChI=1S/C16H27N3O2S/c1-14(2)16-5-3-15(4-6-16)13-19-9-7-18(8-10-19)11-12-22(17,20)21/h3-6,14H,7-13H2,1-2H3,(H2,17,20,21). The van der Waals surface area contributed by atoms with E-state index in [-0.39, 0.29) is 5.75 Å². The van der Waals surface area contributed by atoms with E-state index >= 15 is 0 Å². The molecule has 6 heteroatoms. The molecule has 0 spiro atoms. The summed E-state index contributed by atoms with van der Waals surface area (Å²) in [6, 6.07) is 8.84. The Morgan fingerprint density at radius 1 is 1.05 bits per heavy atom. The zero-order valence-corrected chi connectivity index (χ0v) is 14.3. The Bertz CT molecular complexity index is 562. The largest absolute Gasteiger partial charge is 0.300 e. The Morgan fingerprint density at radius 2 is 1.59 bits per heavy atom. The fourth-order valence-electron chi connectivity index (χ4n) is 2.69. The predicted octanol–water partition coefficient (Wildman–Crippen LogP) is 1.22. The lowest BCUT2D eigenvalue weighted by molar-refractivity contribution is 0.132. The molecule has 0 saturated carbocycles. The highest BCUT2D eigenvalue weighted by Gasteiger charge is 2.18. The van der Waals surface area contributed by atoms with E-state index in [0.29, 0.717) is 12.5 Å². The van der Waals surface area contributed by atoms with Crippen LogP contribution in [0.15, 0.2) is 24.3 Å². The number of benzene rings is 1. The van der Waals surface area contributed by atoms with E-state index in [9.17, 15) is 8.42 Å². The van der Waals surface area contributed by atoms with Crippen LogP contribution in [0.25, 0.3) is 0 Å². The molecule has 1 heterocycles. The summed E-state index contributed by atoms with van der Waals surface area (Å²) in [5.41, 5.74) is 2.71. The van der Waals surface area contributed by atoms with Crippen molar-refractivity contribution in [3.63, 3.8) is 0 Å². The quantitative estimate of drug-likeness (QED) is 0.854. The third-order valence-electron chi connectivity index (χ3n) is 4.21. The van der Waals surface area contributed by atoms with Gasteiger partial charge in [0.15, 0.2) is 0 Å². The highest BCUT2D eigenvalue weighted by Crippen LogP contribution is 2.16. The third-order valence-corrected chi connectivity index (χ3v) is 4.96. The molecule has 0 radical (unpaired) electrons. The number of hydrogen-bond donors (Lipinski definition) is 1. The van der Waals surface area contributed by atoms with Crippen molar-refractivity contribution in [3.8, 4) is 0 Å². The van der Waals surface area contributed by atoms with E-state index in [1.165, 1.54) is 11.1 Å². The van der Waals surface area contributed by atoms with Crippen molar-refractivity contribution in [3.05, 3.63) is 35.4 Å². The van der Waals surface area contributed by atoms with Gasteiger partial charge >= 0.3 is 0 Å². The normalized spacial score (nSPS) is 18.0. The molecule has 2 rings (SSSR count). The van der Waals surface area contributed by atoms with Crippen molar-refractivity contribution < 1.29 is 8.42 Å². The minimum atomic E-state index is -3.35. The molecule has 22 heavy (non-hydrogen) atoms. The number of nitrogens with two attached hydrogens (primary N) is 1. The van der Waals surface area contributed by atoms with Crippen LogP contribution in [0.3, 0.4) is 0 Å². The van der Waals surface area contributed by atoms with E-state index in [1.807, 2.05) is 0 Å². The van der Waals surface area contributed by atoms with Crippen molar-refractivity contribution in [2.24, 2.45) is 5.14 Å². The lowest BCUT2D eigenvalue weighted by atomic mass is 10.0. The molecule has 1 aromatic carbocycles. The monoisotopic (exact) mass is 325 g/mol. The highest BCUT2D eigenvalue weighted by molar-refractivity contribution is 7.89. The lowest BCUT2D eigenvalue weighted by Gasteiger charge is -2.34. The van der Waals surface area contributed by atoms with Gasteiger partial charge in [-0.2, -0.15) is 0 Å². The number of rotatable bonds is 6. The first-order valence-corrected chi connectivity index (χ1v) is 9.59. The molecule has 5 nitrogen and oxygen atoms in total. The Labute approximate surface area is 134 Å². The molecule has 0 unspecified atom stereocenters. The highest BCUT2D eigenvalue weighted by atomic mass is 32.2. The van der Waals surface area contributed by atoms with E-state index in [0.717, 1.165) is 32.7 Å². The van der Waals surface area contributed by atoms with Crippen LogP contribution in [-0.4, -0.2) is 56.7 Å². The summed E-state index contributed by atoms with van der Waals surface area (Å²) < 4.78 is 22.0. The summed E-state index contributed by atoms with van der Waals surface area (Å²) in [6.07, 6.45) is 0. The van der Waals surface area contributed by atoms with E-state index < -0.39 is 10.0 Å². The topological polar surface area (TPSA) is 66.6 Å². The molecule has 0 amide bonds.